The molecule has 0 unspecified atom stereocenters. The number of unbranched alkanes of at least 4 members (excludes halogenated alkanes) is 1. The summed E-state index contributed by atoms with van der Waals surface area (Å²) >= 11 is 0. The van der Waals surface area contributed by atoms with Gasteiger partial charge in [0.2, 0.25) is 0 Å². The molecule has 0 aromatic heterocycles. The molecular formula is C14H22N2. The van der Waals surface area contributed by atoms with Gasteiger partial charge in [-0.3, -0.25) is 0 Å². The summed E-state index contributed by atoms with van der Waals surface area (Å²) in [7, 11) is 2.19. The first-order chi connectivity index (χ1) is 7.81. The Bertz CT molecular complexity index is 347. The second-order valence-electron chi connectivity index (χ2n) is 4.73. The van der Waals surface area contributed by atoms with E-state index in [2.05, 4.69) is 30.1 Å². The van der Waals surface area contributed by atoms with Gasteiger partial charge in [0, 0.05) is 19.3 Å². The van der Waals surface area contributed by atoms with Crippen LogP contribution in [0.3, 0.4) is 0 Å². The van der Waals surface area contributed by atoms with E-state index in [1.807, 2.05) is 0 Å². The topological polar surface area (TPSA) is 29.3 Å². The molecule has 2 rings (SSSR count). The molecule has 2 heteroatoms. The third kappa shape index (κ3) is 2.56. The summed E-state index contributed by atoms with van der Waals surface area (Å²) in [6.45, 7) is 2.01. The van der Waals surface area contributed by atoms with E-state index in [1.165, 1.54) is 49.0 Å². The van der Waals surface area contributed by atoms with Crippen LogP contribution >= 0.6 is 0 Å². The van der Waals surface area contributed by atoms with Gasteiger partial charge in [0.05, 0.1) is 0 Å². The van der Waals surface area contributed by atoms with Gasteiger partial charge in [-0.1, -0.05) is 12.1 Å². The van der Waals surface area contributed by atoms with Crippen LogP contribution in [0.1, 0.15) is 30.4 Å². The highest BCUT2D eigenvalue weighted by molar-refractivity contribution is 5.56. The number of anilines is 1. The normalized spacial score (nSPS) is 15.0. The van der Waals surface area contributed by atoms with Gasteiger partial charge in [-0.25, -0.2) is 0 Å². The van der Waals surface area contributed by atoms with Gasteiger partial charge in [0.1, 0.15) is 0 Å². The number of hydrogen-bond acceptors (Lipinski definition) is 2. The van der Waals surface area contributed by atoms with Gasteiger partial charge >= 0.3 is 0 Å². The summed E-state index contributed by atoms with van der Waals surface area (Å²) in [6.07, 6.45) is 6.05. The molecule has 2 nitrogen and oxygen atoms in total. The Balaban J connectivity index is 2.06. The Morgan fingerprint density at radius 1 is 1.31 bits per heavy atom. The summed E-state index contributed by atoms with van der Waals surface area (Å²) in [6, 6.07) is 6.95. The first-order valence-electron chi connectivity index (χ1n) is 6.34. The number of rotatable bonds is 4. The smallest absolute Gasteiger partial charge is 0.0396 e. The molecule has 16 heavy (non-hydrogen) atoms. The highest BCUT2D eigenvalue weighted by atomic mass is 15.1. The second-order valence-corrected chi connectivity index (χ2v) is 4.73. The van der Waals surface area contributed by atoms with Crippen molar-refractivity contribution in [2.45, 2.75) is 32.1 Å². The number of hydrogen-bond donors (Lipinski definition) is 1. The van der Waals surface area contributed by atoms with Crippen LogP contribution in [0.5, 0.6) is 0 Å². The van der Waals surface area contributed by atoms with Crippen molar-refractivity contribution in [2.24, 2.45) is 5.73 Å². The second kappa shape index (κ2) is 5.35. The van der Waals surface area contributed by atoms with Crippen LogP contribution < -0.4 is 10.6 Å². The van der Waals surface area contributed by atoms with Gasteiger partial charge in [0.15, 0.2) is 0 Å². The minimum Gasteiger partial charge on any atom is -0.374 e. The van der Waals surface area contributed by atoms with Crippen LogP contribution in [0.4, 0.5) is 5.69 Å². The number of nitrogens with zero attached hydrogens (tertiary/aromatic N) is 1. The monoisotopic (exact) mass is 218 g/mol. The van der Waals surface area contributed by atoms with Crippen LogP contribution in [-0.4, -0.2) is 20.1 Å². The molecule has 0 bridgehead atoms. The summed E-state index contributed by atoms with van der Waals surface area (Å²) in [5, 5.41) is 0. The number of nitrogens with two attached hydrogens (primary N) is 1. The van der Waals surface area contributed by atoms with E-state index in [0.717, 1.165) is 13.0 Å². The largest absolute Gasteiger partial charge is 0.374 e. The minimum absolute atomic E-state index is 0.813. The van der Waals surface area contributed by atoms with Crippen LogP contribution in [-0.2, 0) is 12.8 Å². The van der Waals surface area contributed by atoms with E-state index < -0.39 is 0 Å². The molecule has 1 aromatic carbocycles. The van der Waals surface area contributed by atoms with Crippen molar-refractivity contribution in [3.63, 3.8) is 0 Å². The molecule has 1 heterocycles. The molecule has 0 spiro atoms. The van der Waals surface area contributed by atoms with E-state index in [-0.39, 0.29) is 0 Å². The summed E-state index contributed by atoms with van der Waals surface area (Å²) < 4.78 is 0. The lowest BCUT2D eigenvalue weighted by molar-refractivity contribution is 0.730. The fourth-order valence-electron chi connectivity index (χ4n) is 2.47. The maximum Gasteiger partial charge on any atom is 0.0396 e. The molecule has 1 aromatic rings. The molecule has 0 fully saturated rings. The number of fused-ring (bicyclic) bond motifs is 1. The lowest BCUT2D eigenvalue weighted by atomic mass is 9.97. The maximum absolute atomic E-state index is 5.52. The zero-order chi connectivity index (χ0) is 11.4. The van der Waals surface area contributed by atoms with Crippen molar-refractivity contribution in [1.82, 2.24) is 0 Å². The Hall–Kier alpha value is -1.02. The molecule has 0 saturated heterocycles. The third-order valence-corrected chi connectivity index (χ3v) is 3.41. The minimum atomic E-state index is 0.813. The van der Waals surface area contributed by atoms with E-state index in [1.54, 1.807) is 0 Å². The average Bonchev–Trinajstić information content (AvgIpc) is 2.30. The van der Waals surface area contributed by atoms with Crippen molar-refractivity contribution in [3.05, 3.63) is 29.3 Å². The van der Waals surface area contributed by atoms with Gasteiger partial charge in [-0.15, -0.1) is 0 Å². The SMILES string of the molecule is CN1CCCc2cc(CCCCN)ccc21. The Labute approximate surface area is 98.4 Å². The summed E-state index contributed by atoms with van der Waals surface area (Å²) in [5.74, 6) is 0. The predicted octanol–water partition coefficient (Wildman–Crippen LogP) is 2.35. The van der Waals surface area contributed by atoms with Gasteiger partial charge in [-0.2, -0.15) is 0 Å². The van der Waals surface area contributed by atoms with Crippen LogP contribution in [0, 0.1) is 0 Å². The lowest BCUT2D eigenvalue weighted by Gasteiger charge is -2.27. The molecular weight excluding hydrogens is 196 g/mol. The number of aryl methyl sites for hydroxylation is 2. The molecule has 0 radical (unpaired) electrons. The van der Waals surface area contributed by atoms with Gasteiger partial charge in [-0.05, 0) is 55.8 Å². The molecule has 0 amide bonds. The predicted molar refractivity (Wildman–Crippen MR) is 70.0 cm³/mol. The Morgan fingerprint density at radius 3 is 3.00 bits per heavy atom. The molecule has 1 aliphatic heterocycles. The third-order valence-electron chi connectivity index (χ3n) is 3.41. The lowest BCUT2D eigenvalue weighted by Crippen LogP contribution is -2.24. The zero-order valence-corrected chi connectivity index (χ0v) is 10.2. The molecule has 1 aliphatic rings. The maximum atomic E-state index is 5.52. The van der Waals surface area contributed by atoms with Gasteiger partial charge in [0.25, 0.3) is 0 Å². The molecule has 88 valence electrons. The Morgan fingerprint density at radius 2 is 2.19 bits per heavy atom. The van der Waals surface area contributed by atoms with E-state index >= 15 is 0 Å². The van der Waals surface area contributed by atoms with Crippen LogP contribution in [0.15, 0.2) is 18.2 Å². The van der Waals surface area contributed by atoms with Crippen LogP contribution in [0.2, 0.25) is 0 Å². The van der Waals surface area contributed by atoms with Crippen molar-refractivity contribution >= 4 is 5.69 Å². The zero-order valence-electron chi connectivity index (χ0n) is 10.2. The van der Waals surface area contributed by atoms with E-state index in [4.69, 9.17) is 5.73 Å². The van der Waals surface area contributed by atoms with Crippen LogP contribution in [0.25, 0.3) is 0 Å². The highest BCUT2D eigenvalue weighted by Crippen LogP contribution is 2.27. The van der Waals surface area contributed by atoms with Crippen molar-refractivity contribution in [1.29, 1.82) is 0 Å². The fraction of sp³-hybridized carbons (Fsp3) is 0.571. The first-order valence-corrected chi connectivity index (χ1v) is 6.34. The highest BCUT2D eigenvalue weighted by Gasteiger charge is 2.13. The van der Waals surface area contributed by atoms with Crippen molar-refractivity contribution in [3.8, 4) is 0 Å². The summed E-state index contributed by atoms with van der Waals surface area (Å²) in [4.78, 5) is 2.36. The van der Waals surface area contributed by atoms with E-state index in [0.29, 0.717) is 0 Å². The molecule has 0 aliphatic carbocycles. The van der Waals surface area contributed by atoms with E-state index in [9.17, 15) is 0 Å². The average molecular weight is 218 g/mol. The van der Waals surface area contributed by atoms with Crippen molar-refractivity contribution in [2.75, 3.05) is 25.0 Å². The quantitative estimate of drug-likeness (QED) is 0.786. The summed E-state index contributed by atoms with van der Waals surface area (Å²) in [5.41, 5.74) is 9.94. The first kappa shape index (κ1) is 11.5. The fourth-order valence-corrected chi connectivity index (χ4v) is 2.47. The molecule has 0 atom stereocenters. The van der Waals surface area contributed by atoms with Gasteiger partial charge < -0.3 is 10.6 Å². The molecule has 0 saturated carbocycles. The Kier molecular flexibility index (Phi) is 3.83. The molecule has 2 N–H and O–H groups in total. The standard InChI is InChI=1S/C14H22N2/c1-16-10-4-6-13-11-12(5-2-3-9-15)7-8-14(13)16/h7-8,11H,2-6,9-10,15H2,1H3. The number of benzene rings is 1. The van der Waals surface area contributed by atoms with Crippen molar-refractivity contribution < 1.29 is 0 Å².